The summed E-state index contributed by atoms with van der Waals surface area (Å²) in [7, 11) is 0. The van der Waals surface area contributed by atoms with Crippen LogP contribution in [0.4, 0.5) is 5.69 Å². The zero-order chi connectivity index (χ0) is 15.4. The minimum atomic E-state index is -0.275. The number of carbonyl (C=O) groups excluding carboxylic acids is 2. The standard InChI is InChI=1S/C16H15ClN2O2/c1-2-19-16(21)12-6-4-3-5-11(12)15(20)10-7-8-13(17)14(18)9-10/h3-9H,2,18H2,1H3,(H,19,21). The zero-order valence-electron chi connectivity index (χ0n) is 11.5. The Morgan fingerprint density at radius 3 is 2.43 bits per heavy atom. The van der Waals surface area contributed by atoms with Gasteiger partial charge in [-0.1, -0.05) is 29.8 Å². The maximum atomic E-state index is 12.6. The quantitative estimate of drug-likeness (QED) is 0.674. The van der Waals surface area contributed by atoms with Gasteiger partial charge in [-0.05, 0) is 31.2 Å². The molecule has 0 heterocycles. The van der Waals surface area contributed by atoms with E-state index in [1.807, 2.05) is 6.92 Å². The smallest absolute Gasteiger partial charge is 0.252 e. The zero-order valence-corrected chi connectivity index (χ0v) is 12.3. The van der Waals surface area contributed by atoms with Crippen molar-refractivity contribution in [2.45, 2.75) is 6.92 Å². The number of amides is 1. The van der Waals surface area contributed by atoms with Crippen LogP contribution in [0.2, 0.25) is 5.02 Å². The largest absolute Gasteiger partial charge is 0.398 e. The predicted octanol–water partition coefficient (Wildman–Crippen LogP) is 2.90. The predicted molar refractivity (Wildman–Crippen MR) is 83.7 cm³/mol. The number of nitrogen functional groups attached to an aromatic ring is 1. The SMILES string of the molecule is CCNC(=O)c1ccccc1C(=O)c1ccc(Cl)c(N)c1. The molecule has 0 saturated heterocycles. The molecular formula is C16H15ClN2O2. The van der Waals surface area contributed by atoms with Gasteiger partial charge in [0.25, 0.3) is 5.91 Å². The molecule has 0 fully saturated rings. The molecule has 108 valence electrons. The van der Waals surface area contributed by atoms with Gasteiger partial charge >= 0.3 is 0 Å². The van der Waals surface area contributed by atoms with Gasteiger partial charge in [-0.3, -0.25) is 9.59 Å². The van der Waals surface area contributed by atoms with E-state index in [0.717, 1.165) is 0 Å². The van der Waals surface area contributed by atoms with Gasteiger partial charge in [0, 0.05) is 17.7 Å². The Balaban J connectivity index is 2.43. The summed E-state index contributed by atoms with van der Waals surface area (Å²) in [5.41, 5.74) is 7.13. The molecule has 1 amide bonds. The van der Waals surface area contributed by atoms with Gasteiger partial charge in [-0.15, -0.1) is 0 Å². The highest BCUT2D eigenvalue weighted by molar-refractivity contribution is 6.33. The van der Waals surface area contributed by atoms with E-state index in [0.29, 0.717) is 33.9 Å². The van der Waals surface area contributed by atoms with Gasteiger partial charge in [0.15, 0.2) is 5.78 Å². The van der Waals surface area contributed by atoms with Crippen LogP contribution < -0.4 is 11.1 Å². The van der Waals surface area contributed by atoms with Crippen molar-refractivity contribution < 1.29 is 9.59 Å². The van der Waals surface area contributed by atoms with Gasteiger partial charge in [0.1, 0.15) is 0 Å². The lowest BCUT2D eigenvalue weighted by atomic mass is 9.97. The first kappa shape index (κ1) is 15.1. The number of halogens is 1. The molecule has 0 atom stereocenters. The van der Waals surface area contributed by atoms with Crippen molar-refractivity contribution in [3.63, 3.8) is 0 Å². The van der Waals surface area contributed by atoms with Crippen molar-refractivity contribution in [3.8, 4) is 0 Å². The third-order valence-electron chi connectivity index (χ3n) is 3.01. The van der Waals surface area contributed by atoms with Crippen LogP contribution >= 0.6 is 11.6 Å². The number of benzene rings is 2. The number of anilines is 1. The number of hydrogen-bond donors (Lipinski definition) is 2. The van der Waals surface area contributed by atoms with E-state index in [9.17, 15) is 9.59 Å². The lowest BCUT2D eigenvalue weighted by Crippen LogP contribution is -2.25. The van der Waals surface area contributed by atoms with Crippen LogP contribution in [0.5, 0.6) is 0 Å². The Labute approximate surface area is 127 Å². The summed E-state index contributed by atoms with van der Waals surface area (Å²) in [6.07, 6.45) is 0. The van der Waals surface area contributed by atoms with E-state index in [1.165, 1.54) is 6.07 Å². The van der Waals surface area contributed by atoms with E-state index in [4.69, 9.17) is 17.3 Å². The Kier molecular flexibility index (Phi) is 4.60. The molecule has 0 aliphatic rings. The summed E-state index contributed by atoms with van der Waals surface area (Å²) in [5, 5.41) is 3.08. The van der Waals surface area contributed by atoms with Gasteiger partial charge in [-0.2, -0.15) is 0 Å². The van der Waals surface area contributed by atoms with Crippen LogP contribution in [0, 0.1) is 0 Å². The third-order valence-corrected chi connectivity index (χ3v) is 3.36. The van der Waals surface area contributed by atoms with Crippen LogP contribution in [0.15, 0.2) is 42.5 Å². The van der Waals surface area contributed by atoms with Crippen molar-refractivity contribution in [2.24, 2.45) is 0 Å². The summed E-state index contributed by atoms with van der Waals surface area (Å²) in [4.78, 5) is 24.6. The normalized spacial score (nSPS) is 10.2. The molecule has 5 heteroatoms. The number of nitrogens with one attached hydrogen (secondary N) is 1. The summed E-state index contributed by atoms with van der Waals surface area (Å²) in [5.74, 6) is -0.538. The van der Waals surface area contributed by atoms with Crippen molar-refractivity contribution in [3.05, 3.63) is 64.2 Å². The molecule has 0 aliphatic heterocycles. The second-order valence-electron chi connectivity index (χ2n) is 4.47. The fourth-order valence-electron chi connectivity index (χ4n) is 1.98. The second kappa shape index (κ2) is 6.41. The summed E-state index contributed by atoms with van der Waals surface area (Å²) in [6, 6.07) is 11.4. The summed E-state index contributed by atoms with van der Waals surface area (Å²) in [6.45, 7) is 2.32. The first-order chi connectivity index (χ1) is 10.0. The van der Waals surface area contributed by atoms with Crippen molar-refractivity contribution in [1.82, 2.24) is 5.32 Å². The fourth-order valence-corrected chi connectivity index (χ4v) is 2.09. The van der Waals surface area contributed by atoms with Crippen LogP contribution in [0.1, 0.15) is 33.2 Å². The van der Waals surface area contributed by atoms with Crippen molar-refractivity contribution >= 4 is 29.0 Å². The molecular weight excluding hydrogens is 288 g/mol. The van der Waals surface area contributed by atoms with E-state index in [2.05, 4.69) is 5.32 Å². The van der Waals surface area contributed by atoms with Gasteiger partial charge in [0.2, 0.25) is 0 Å². The summed E-state index contributed by atoms with van der Waals surface area (Å²) < 4.78 is 0. The first-order valence-corrected chi connectivity index (χ1v) is 6.89. The lowest BCUT2D eigenvalue weighted by Gasteiger charge is -2.09. The molecule has 0 unspecified atom stereocenters. The molecule has 0 radical (unpaired) electrons. The Bertz CT molecular complexity index is 698. The fraction of sp³-hybridized carbons (Fsp3) is 0.125. The second-order valence-corrected chi connectivity index (χ2v) is 4.88. The molecule has 0 spiro atoms. The maximum Gasteiger partial charge on any atom is 0.252 e. The molecule has 3 N–H and O–H groups in total. The Hall–Kier alpha value is -2.33. The molecule has 4 nitrogen and oxygen atoms in total. The van der Waals surface area contributed by atoms with Crippen molar-refractivity contribution in [2.75, 3.05) is 12.3 Å². The topological polar surface area (TPSA) is 72.2 Å². The molecule has 0 aromatic heterocycles. The van der Waals surface area contributed by atoms with Crippen LogP contribution in [0.25, 0.3) is 0 Å². The van der Waals surface area contributed by atoms with Crippen LogP contribution in [-0.4, -0.2) is 18.2 Å². The molecule has 0 saturated carbocycles. The molecule has 0 bridgehead atoms. The van der Waals surface area contributed by atoms with Gasteiger partial charge in [-0.25, -0.2) is 0 Å². The summed E-state index contributed by atoms with van der Waals surface area (Å²) >= 11 is 5.85. The molecule has 0 aliphatic carbocycles. The first-order valence-electron chi connectivity index (χ1n) is 6.51. The molecule has 2 aromatic rings. The van der Waals surface area contributed by atoms with Crippen molar-refractivity contribution in [1.29, 1.82) is 0 Å². The maximum absolute atomic E-state index is 12.6. The molecule has 21 heavy (non-hydrogen) atoms. The lowest BCUT2D eigenvalue weighted by molar-refractivity contribution is 0.0944. The molecule has 2 rings (SSSR count). The highest BCUT2D eigenvalue weighted by atomic mass is 35.5. The monoisotopic (exact) mass is 302 g/mol. The molecule has 2 aromatic carbocycles. The van der Waals surface area contributed by atoms with Crippen LogP contribution in [-0.2, 0) is 0 Å². The highest BCUT2D eigenvalue weighted by Gasteiger charge is 2.18. The minimum Gasteiger partial charge on any atom is -0.398 e. The average molecular weight is 303 g/mol. The minimum absolute atomic E-state index is 0.264. The number of rotatable bonds is 4. The highest BCUT2D eigenvalue weighted by Crippen LogP contribution is 2.22. The van der Waals surface area contributed by atoms with E-state index in [-0.39, 0.29) is 11.7 Å². The number of hydrogen-bond acceptors (Lipinski definition) is 3. The Morgan fingerprint density at radius 1 is 1.14 bits per heavy atom. The van der Waals surface area contributed by atoms with Gasteiger partial charge in [0.05, 0.1) is 16.3 Å². The van der Waals surface area contributed by atoms with E-state index >= 15 is 0 Å². The van der Waals surface area contributed by atoms with E-state index < -0.39 is 0 Å². The Morgan fingerprint density at radius 2 is 1.81 bits per heavy atom. The number of carbonyl (C=O) groups is 2. The van der Waals surface area contributed by atoms with E-state index in [1.54, 1.807) is 36.4 Å². The number of ketones is 1. The average Bonchev–Trinajstić information content (AvgIpc) is 2.49. The third kappa shape index (κ3) is 3.23. The van der Waals surface area contributed by atoms with Gasteiger partial charge < -0.3 is 11.1 Å². The van der Waals surface area contributed by atoms with Crippen LogP contribution in [0.3, 0.4) is 0 Å². The number of nitrogens with two attached hydrogens (primary N) is 1.